The van der Waals surface area contributed by atoms with Crippen molar-refractivity contribution in [3.8, 4) is 0 Å². The topological polar surface area (TPSA) is 15.3 Å². The first-order valence-corrected chi connectivity index (χ1v) is 8.30. The number of hydrogen-bond donors (Lipinski definition) is 1. The molecular weight excluding hydrogens is 232 g/mol. The fourth-order valence-electron chi connectivity index (χ4n) is 5.09. The second-order valence-electron chi connectivity index (χ2n) is 8.50. The van der Waals surface area contributed by atoms with Crippen LogP contribution in [0, 0.1) is 16.7 Å². The quantitative estimate of drug-likeness (QED) is 0.820. The number of hydrogen-bond acceptors (Lipinski definition) is 2. The number of nitrogens with one attached hydrogen (secondary N) is 1. The molecule has 0 aliphatic heterocycles. The summed E-state index contributed by atoms with van der Waals surface area (Å²) in [7, 11) is 2.30. The molecule has 0 spiro atoms. The maximum absolute atomic E-state index is 3.97. The van der Waals surface area contributed by atoms with Gasteiger partial charge in [0.25, 0.3) is 0 Å². The van der Waals surface area contributed by atoms with E-state index in [-0.39, 0.29) is 0 Å². The lowest BCUT2D eigenvalue weighted by Crippen LogP contribution is -2.53. The Kier molecular flexibility index (Phi) is 3.26. The summed E-state index contributed by atoms with van der Waals surface area (Å²) in [4.78, 5) is 2.58. The van der Waals surface area contributed by atoms with E-state index in [4.69, 9.17) is 0 Å². The molecule has 0 aromatic rings. The summed E-state index contributed by atoms with van der Waals surface area (Å²) in [5, 5.41) is 3.97. The summed E-state index contributed by atoms with van der Waals surface area (Å²) in [5.74, 6) is 0.950. The van der Waals surface area contributed by atoms with E-state index in [1.807, 2.05) is 0 Å². The van der Waals surface area contributed by atoms with E-state index in [0.717, 1.165) is 18.5 Å². The molecule has 0 aromatic heterocycles. The first-order chi connectivity index (χ1) is 8.84. The Bertz CT molecular complexity index is 342. The SMILES string of the molecule is CC(CNC1C2(C)CCC(C2)C1(C)C)N(C)C1CC1. The molecule has 3 aliphatic carbocycles. The first-order valence-electron chi connectivity index (χ1n) is 8.30. The van der Waals surface area contributed by atoms with Crippen molar-refractivity contribution in [1.29, 1.82) is 0 Å². The number of rotatable bonds is 5. The molecule has 3 rings (SSSR count). The smallest absolute Gasteiger partial charge is 0.0192 e. The van der Waals surface area contributed by atoms with E-state index in [1.165, 1.54) is 32.1 Å². The Morgan fingerprint density at radius 3 is 2.42 bits per heavy atom. The van der Waals surface area contributed by atoms with E-state index in [1.54, 1.807) is 0 Å². The Labute approximate surface area is 119 Å². The molecule has 110 valence electrons. The van der Waals surface area contributed by atoms with Crippen LogP contribution in [0.25, 0.3) is 0 Å². The zero-order chi connectivity index (χ0) is 13.8. The minimum atomic E-state index is 0.491. The van der Waals surface area contributed by atoms with Crippen LogP contribution in [0.4, 0.5) is 0 Å². The number of likely N-dealkylation sites (N-methyl/N-ethyl adjacent to an activating group) is 1. The van der Waals surface area contributed by atoms with E-state index in [0.29, 0.717) is 22.9 Å². The molecule has 0 aromatic carbocycles. The van der Waals surface area contributed by atoms with Gasteiger partial charge in [-0.05, 0) is 62.8 Å². The predicted octanol–water partition coefficient (Wildman–Crippen LogP) is 3.27. The largest absolute Gasteiger partial charge is 0.311 e. The fourth-order valence-corrected chi connectivity index (χ4v) is 5.09. The van der Waals surface area contributed by atoms with Crippen molar-refractivity contribution in [3.63, 3.8) is 0 Å². The van der Waals surface area contributed by atoms with Gasteiger partial charge >= 0.3 is 0 Å². The van der Waals surface area contributed by atoms with Crippen LogP contribution in [0.15, 0.2) is 0 Å². The van der Waals surface area contributed by atoms with E-state index in [2.05, 4.69) is 45.0 Å². The van der Waals surface area contributed by atoms with Gasteiger partial charge in [0.2, 0.25) is 0 Å². The highest BCUT2D eigenvalue weighted by Gasteiger charge is 2.58. The summed E-state index contributed by atoms with van der Waals surface area (Å²) in [6, 6.07) is 2.26. The van der Waals surface area contributed by atoms with Crippen molar-refractivity contribution in [2.24, 2.45) is 16.7 Å². The van der Waals surface area contributed by atoms with Crippen molar-refractivity contribution in [2.75, 3.05) is 13.6 Å². The second kappa shape index (κ2) is 4.46. The molecule has 0 radical (unpaired) electrons. The Morgan fingerprint density at radius 1 is 1.21 bits per heavy atom. The Morgan fingerprint density at radius 2 is 1.89 bits per heavy atom. The van der Waals surface area contributed by atoms with Crippen LogP contribution in [0.1, 0.15) is 59.8 Å². The van der Waals surface area contributed by atoms with E-state index >= 15 is 0 Å². The Hall–Kier alpha value is -0.0800. The highest BCUT2D eigenvalue weighted by Crippen LogP contribution is 2.62. The zero-order valence-electron chi connectivity index (χ0n) is 13.5. The van der Waals surface area contributed by atoms with Gasteiger partial charge < -0.3 is 5.32 Å². The molecule has 2 nitrogen and oxygen atoms in total. The monoisotopic (exact) mass is 264 g/mol. The van der Waals surface area contributed by atoms with Crippen molar-refractivity contribution in [3.05, 3.63) is 0 Å². The molecule has 3 fully saturated rings. The molecule has 0 amide bonds. The highest BCUT2D eigenvalue weighted by molar-refractivity contribution is 5.12. The molecular formula is C17H32N2. The molecule has 3 aliphatic rings. The van der Waals surface area contributed by atoms with Crippen molar-refractivity contribution in [2.45, 2.75) is 77.9 Å². The molecule has 19 heavy (non-hydrogen) atoms. The third-order valence-electron chi connectivity index (χ3n) is 6.71. The van der Waals surface area contributed by atoms with Gasteiger partial charge in [-0.2, -0.15) is 0 Å². The van der Waals surface area contributed by atoms with Gasteiger partial charge in [0.1, 0.15) is 0 Å². The van der Waals surface area contributed by atoms with E-state index < -0.39 is 0 Å². The van der Waals surface area contributed by atoms with Crippen LogP contribution in [0.5, 0.6) is 0 Å². The average molecular weight is 264 g/mol. The van der Waals surface area contributed by atoms with E-state index in [9.17, 15) is 0 Å². The van der Waals surface area contributed by atoms with Crippen molar-refractivity contribution < 1.29 is 0 Å². The van der Waals surface area contributed by atoms with Crippen molar-refractivity contribution in [1.82, 2.24) is 10.2 Å². The predicted molar refractivity (Wildman–Crippen MR) is 81.3 cm³/mol. The van der Waals surface area contributed by atoms with Crippen molar-refractivity contribution >= 4 is 0 Å². The maximum Gasteiger partial charge on any atom is 0.0192 e. The molecule has 0 saturated heterocycles. The number of nitrogens with zero attached hydrogens (tertiary/aromatic N) is 1. The van der Waals surface area contributed by atoms with Gasteiger partial charge in [0.05, 0.1) is 0 Å². The van der Waals surface area contributed by atoms with Crippen LogP contribution in [0.2, 0.25) is 0 Å². The molecule has 4 unspecified atom stereocenters. The van der Waals surface area contributed by atoms with Gasteiger partial charge in [-0.1, -0.05) is 20.8 Å². The van der Waals surface area contributed by atoms with Gasteiger partial charge in [-0.15, -0.1) is 0 Å². The third kappa shape index (κ3) is 2.25. The normalized spacial score (nSPS) is 42.0. The summed E-state index contributed by atoms with van der Waals surface area (Å²) in [5.41, 5.74) is 1.05. The van der Waals surface area contributed by atoms with Crippen LogP contribution in [-0.4, -0.2) is 36.6 Å². The summed E-state index contributed by atoms with van der Waals surface area (Å²) >= 11 is 0. The van der Waals surface area contributed by atoms with Gasteiger partial charge in [-0.25, -0.2) is 0 Å². The molecule has 0 heterocycles. The second-order valence-corrected chi connectivity index (χ2v) is 8.50. The first kappa shape index (κ1) is 13.9. The molecule has 4 atom stereocenters. The minimum Gasteiger partial charge on any atom is -0.311 e. The summed E-state index contributed by atoms with van der Waals surface area (Å²) < 4.78 is 0. The molecule has 2 heteroatoms. The average Bonchev–Trinajstić information content (AvgIpc) is 3.07. The summed E-state index contributed by atoms with van der Waals surface area (Å²) in [6.07, 6.45) is 7.17. The lowest BCUT2D eigenvalue weighted by Gasteiger charge is -2.44. The third-order valence-corrected chi connectivity index (χ3v) is 6.71. The summed E-state index contributed by atoms with van der Waals surface area (Å²) in [6.45, 7) is 11.1. The number of fused-ring (bicyclic) bond motifs is 2. The van der Waals surface area contributed by atoms with Crippen LogP contribution >= 0.6 is 0 Å². The zero-order valence-corrected chi connectivity index (χ0v) is 13.5. The highest BCUT2D eigenvalue weighted by atomic mass is 15.2. The molecule has 2 bridgehead atoms. The lowest BCUT2D eigenvalue weighted by molar-refractivity contribution is 0.100. The molecule has 3 saturated carbocycles. The minimum absolute atomic E-state index is 0.491. The maximum atomic E-state index is 3.97. The van der Waals surface area contributed by atoms with Crippen LogP contribution in [-0.2, 0) is 0 Å². The van der Waals surface area contributed by atoms with Gasteiger partial charge in [-0.3, -0.25) is 4.90 Å². The standard InChI is InChI=1S/C17H32N2/c1-12(19(5)14-6-7-14)11-18-15-16(2,3)13-8-9-17(15,4)10-13/h12-15,18H,6-11H2,1-5H3. The fraction of sp³-hybridized carbons (Fsp3) is 1.00. The molecule has 1 N–H and O–H groups in total. The van der Waals surface area contributed by atoms with Crippen LogP contribution in [0.3, 0.4) is 0 Å². The Balaban J connectivity index is 1.60. The van der Waals surface area contributed by atoms with Gasteiger partial charge in [0.15, 0.2) is 0 Å². The van der Waals surface area contributed by atoms with Crippen LogP contribution < -0.4 is 5.32 Å². The lowest BCUT2D eigenvalue weighted by atomic mass is 9.68. The van der Waals surface area contributed by atoms with Gasteiger partial charge in [0, 0.05) is 24.7 Å².